The van der Waals surface area contributed by atoms with Gasteiger partial charge in [0.25, 0.3) is 0 Å². The molecule has 1 aromatic carbocycles. The van der Waals surface area contributed by atoms with E-state index in [1.54, 1.807) is 19.9 Å². The fraction of sp³-hybridized carbons (Fsp3) is 0.300. The number of carboxylic acids is 1. The number of aliphatic carboxylic acids is 1. The molecule has 4 heteroatoms. The van der Waals surface area contributed by atoms with E-state index >= 15 is 0 Å². The minimum Gasteiger partial charge on any atom is -0.506 e. The average Bonchev–Trinajstić information content (AvgIpc) is 2.10. The van der Waals surface area contributed by atoms with Gasteiger partial charge in [-0.2, -0.15) is 0 Å². The topological polar surface area (TPSA) is 57.5 Å². The van der Waals surface area contributed by atoms with Crippen molar-refractivity contribution in [3.05, 3.63) is 28.3 Å². The van der Waals surface area contributed by atoms with Crippen molar-refractivity contribution < 1.29 is 15.0 Å². The van der Waals surface area contributed by atoms with Gasteiger partial charge in [0, 0.05) is 0 Å². The molecule has 76 valence electrons. The van der Waals surface area contributed by atoms with Crippen LogP contribution >= 0.6 is 11.6 Å². The number of rotatable bonds is 2. The molecule has 3 nitrogen and oxygen atoms in total. The van der Waals surface area contributed by atoms with Crippen LogP contribution in [0.5, 0.6) is 5.75 Å². The van der Waals surface area contributed by atoms with Crippen LogP contribution in [0.2, 0.25) is 5.02 Å². The lowest BCUT2D eigenvalue weighted by Crippen LogP contribution is -2.08. The highest BCUT2D eigenvalue weighted by molar-refractivity contribution is 6.32. The number of phenolic OH excluding ortho intramolecular Hbond substituents is 1. The minimum absolute atomic E-state index is 0.0830. The molecule has 0 spiro atoms. The Morgan fingerprint density at radius 1 is 1.50 bits per heavy atom. The summed E-state index contributed by atoms with van der Waals surface area (Å²) in [6, 6.07) is 2.96. The molecule has 1 unspecified atom stereocenters. The summed E-state index contributed by atoms with van der Waals surface area (Å²) in [5.41, 5.74) is 1.35. The Kier molecular flexibility index (Phi) is 3.01. The van der Waals surface area contributed by atoms with Crippen LogP contribution in [0.1, 0.15) is 24.0 Å². The minimum atomic E-state index is -0.921. The zero-order valence-corrected chi connectivity index (χ0v) is 8.67. The van der Waals surface area contributed by atoms with E-state index in [0.717, 1.165) is 5.56 Å². The maximum Gasteiger partial charge on any atom is 0.310 e. The summed E-state index contributed by atoms with van der Waals surface area (Å²) in [7, 11) is 0. The molecule has 0 fully saturated rings. The molecule has 0 aliphatic carbocycles. The van der Waals surface area contributed by atoms with E-state index in [1.807, 2.05) is 0 Å². The summed E-state index contributed by atoms with van der Waals surface area (Å²) in [6.45, 7) is 3.33. The van der Waals surface area contributed by atoms with Crippen molar-refractivity contribution in [1.29, 1.82) is 0 Å². The smallest absolute Gasteiger partial charge is 0.310 e. The van der Waals surface area contributed by atoms with Crippen LogP contribution < -0.4 is 0 Å². The highest BCUT2D eigenvalue weighted by Crippen LogP contribution is 2.30. The number of benzene rings is 1. The molecule has 0 saturated heterocycles. The second kappa shape index (κ2) is 3.88. The summed E-state index contributed by atoms with van der Waals surface area (Å²) >= 11 is 5.67. The largest absolute Gasteiger partial charge is 0.506 e. The second-order valence-electron chi connectivity index (χ2n) is 3.22. The maximum atomic E-state index is 10.7. The molecule has 1 atom stereocenters. The Hall–Kier alpha value is -1.22. The highest BCUT2D eigenvalue weighted by atomic mass is 35.5. The van der Waals surface area contributed by atoms with Crippen molar-refractivity contribution in [2.45, 2.75) is 19.8 Å². The van der Waals surface area contributed by atoms with Crippen LogP contribution in [0.4, 0.5) is 0 Å². The predicted octanol–water partition coefficient (Wildman–Crippen LogP) is 2.54. The molecule has 1 rings (SSSR count). The Bertz CT molecular complexity index is 374. The average molecular weight is 215 g/mol. The number of hydrogen-bond donors (Lipinski definition) is 2. The number of phenols is 1. The van der Waals surface area contributed by atoms with Gasteiger partial charge in [0.2, 0.25) is 0 Å². The SMILES string of the molecule is Cc1cc(Cl)c(O)cc1C(C)C(=O)O. The van der Waals surface area contributed by atoms with Gasteiger partial charge in [-0.1, -0.05) is 11.6 Å². The van der Waals surface area contributed by atoms with Crippen LogP contribution in [0.3, 0.4) is 0 Å². The third-order valence-corrected chi connectivity index (χ3v) is 2.48. The Balaban J connectivity index is 3.22. The lowest BCUT2D eigenvalue weighted by atomic mass is 9.96. The first-order valence-corrected chi connectivity index (χ1v) is 4.53. The lowest BCUT2D eigenvalue weighted by Gasteiger charge is -2.11. The van der Waals surface area contributed by atoms with Gasteiger partial charge in [-0.3, -0.25) is 4.79 Å². The molecule has 0 aromatic heterocycles. The summed E-state index contributed by atoms with van der Waals surface area (Å²) in [6.07, 6.45) is 0. The first-order chi connectivity index (χ1) is 6.43. The first-order valence-electron chi connectivity index (χ1n) is 4.15. The number of aryl methyl sites for hydroxylation is 1. The molecule has 14 heavy (non-hydrogen) atoms. The summed E-state index contributed by atoms with van der Waals surface area (Å²) in [5.74, 6) is -1.65. The lowest BCUT2D eigenvalue weighted by molar-refractivity contribution is -0.138. The van der Waals surface area contributed by atoms with Gasteiger partial charge >= 0.3 is 5.97 Å². The maximum absolute atomic E-state index is 10.7. The zero-order valence-electron chi connectivity index (χ0n) is 7.91. The van der Waals surface area contributed by atoms with Crippen molar-refractivity contribution in [1.82, 2.24) is 0 Å². The van der Waals surface area contributed by atoms with Crippen molar-refractivity contribution in [2.75, 3.05) is 0 Å². The van der Waals surface area contributed by atoms with E-state index in [2.05, 4.69) is 0 Å². The third kappa shape index (κ3) is 1.99. The predicted molar refractivity (Wildman–Crippen MR) is 53.9 cm³/mol. The van der Waals surface area contributed by atoms with Gasteiger partial charge in [0.1, 0.15) is 5.75 Å². The normalized spacial score (nSPS) is 12.5. The van der Waals surface area contributed by atoms with E-state index in [-0.39, 0.29) is 10.8 Å². The van der Waals surface area contributed by atoms with Crippen LogP contribution in [0.15, 0.2) is 12.1 Å². The van der Waals surface area contributed by atoms with E-state index in [9.17, 15) is 9.90 Å². The number of halogens is 1. The molecule has 0 bridgehead atoms. The summed E-state index contributed by atoms with van der Waals surface area (Å²) in [4.78, 5) is 10.7. The second-order valence-corrected chi connectivity index (χ2v) is 3.63. The zero-order chi connectivity index (χ0) is 10.9. The Morgan fingerprint density at radius 2 is 2.07 bits per heavy atom. The first kappa shape index (κ1) is 10.9. The molecule has 0 aliphatic rings. The van der Waals surface area contributed by atoms with Crippen LogP contribution in [-0.4, -0.2) is 16.2 Å². The molecular formula is C10H11ClO3. The van der Waals surface area contributed by atoms with Gasteiger partial charge in [0.15, 0.2) is 0 Å². The van der Waals surface area contributed by atoms with Gasteiger partial charge in [-0.15, -0.1) is 0 Å². The molecule has 1 aromatic rings. The quantitative estimate of drug-likeness (QED) is 0.796. The molecule has 0 radical (unpaired) electrons. The van der Waals surface area contributed by atoms with Crippen LogP contribution in [0, 0.1) is 6.92 Å². The van der Waals surface area contributed by atoms with Crippen molar-refractivity contribution in [3.63, 3.8) is 0 Å². The van der Waals surface area contributed by atoms with Gasteiger partial charge in [-0.05, 0) is 37.1 Å². The van der Waals surface area contributed by atoms with Crippen molar-refractivity contribution in [2.24, 2.45) is 0 Å². The number of aromatic hydroxyl groups is 1. The third-order valence-electron chi connectivity index (χ3n) is 2.17. The molecule has 0 heterocycles. The van der Waals surface area contributed by atoms with E-state index in [4.69, 9.17) is 16.7 Å². The molecule has 2 N–H and O–H groups in total. The van der Waals surface area contributed by atoms with Gasteiger partial charge < -0.3 is 10.2 Å². The standard InChI is InChI=1S/C10H11ClO3/c1-5-3-8(11)9(12)4-7(5)6(2)10(13)14/h3-4,6,12H,1-2H3,(H,13,14). The summed E-state index contributed by atoms with van der Waals surface area (Å²) < 4.78 is 0. The van der Waals surface area contributed by atoms with E-state index in [0.29, 0.717) is 5.56 Å². The highest BCUT2D eigenvalue weighted by Gasteiger charge is 2.17. The molecule has 0 saturated carbocycles. The Labute approximate surface area is 86.9 Å². The summed E-state index contributed by atoms with van der Waals surface area (Å²) in [5, 5.41) is 18.4. The van der Waals surface area contributed by atoms with Crippen molar-refractivity contribution >= 4 is 17.6 Å². The van der Waals surface area contributed by atoms with E-state index in [1.165, 1.54) is 6.07 Å². The monoisotopic (exact) mass is 214 g/mol. The van der Waals surface area contributed by atoms with Crippen molar-refractivity contribution in [3.8, 4) is 5.75 Å². The number of carbonyl (C=O) groups is 1. The van der Waals surface area contributed by atoms with Gasteiger partial charge in [0.05, 0.1) is 10.9 Å². The fourth-order valence-electron chi connectivity index (χ4n) is 1.28. The van der Waals surface area contributed by atoms with Crippen LogP contribution in [-0.2, 0) is 4.79 Å². The fourth-order valence-corrected chi connectivity index (χ4v) is 1.50. The molecule has 0 amide bonds. The molecule has 0 aliphatic heterocycles. The number of hydrogen-bond acceptors (Lipinski definition) is 2. The molecular weight excluding hydrogens is 204 g/mol. The Morgan fingerprint density at radius 3 is 2.57 bits per heavy atom. The van der Waals surface area contributed by atoms with Gasteiger partial charge in [-0.25, -0.2) is 0 Å². The van der Waals surface area contributed by atoms with E-state index < -0.39 is 11.9 Å². The van der Waals surface area contributed by atoms with Crippen LogP contribution in [0.25, 0.3) is 0 Å². The number of carboxylic acid groups (broad SMARTS) is 1.